The number of amides is 1. The third kappa shape index (κ3) is 4.34. The predicted molar refractivity (Wildman–Crippen MR) is 99.4 cm³/mol. The van der Waals surface area contributed by atoms with Crippen LogP contribution in [0.25, 0.3) is 0 Å². The van der Waals surface area contributed by atoms with Gasteiger partial charge in [-0.1, -0.05) is 6.92 Å². The third-order valence-electron chi connectivity index (χ3n) is 5.67. The van der Waals surface area contributed by atoms with Crippen molar-refractivity contribution in [2.45, 2.75) is 26.2 Å². The first-order valence-corrected chi connectivity index (χ1v) is 9.55. The lowest BCUT2D eigenvalue weighted by atomic mass is 9.92. The van der Waals surface area contributed by atoms with Crippen molar-refractivity contribution in [3.8, 4) is 6.07 Å². The average Bonchev–Trinajstić information content (AvgIpc) is 2.68. The quantitative estimate of drug-likeness (QED) is 0.830. The molecule has 6 heteroatoms. The van der Waals surface area contributed by atoms with Gasteiger partial charge < -0.3 is 14.7 Å². The van der Waals surface area contributed by atoms with Gasteiger partial charge in [0.15, 0.2) is 0 Å². The van der Waals surface area contributed by atoms with Crippen LogP contribution >= 0.6 is 0 Å². The molecule has 1 aromatic rings. The summed E-state index contributed by atoms with van der Waals surface area (Å²) in [4.78, 5) is 18.9. The van der Waals surface area contributed by atoms with Gasteiger partial charge >= 0.3 is 0 Å². The lowest BCUT2D eigenvalue weighted by Crippen LogP contribution is -2.49. The Bertz CT molecular complexity index is 671. The number of piperidine rings is 1. The summed E-state index contributed by atoms with van der Waals surface area (Å²) < 4.78 is 14.2. The monoisotopic (exact) mass is 358 g/mol. The van der Waals surface area contributed by atoms with Crippen molar-refractivity contribution in [1.82, 2.24) is 9.80 Å². The molecule has 2 aliphatic rings. The number of rotatable bonds is 4. The Morgan fingerprint density at radius 2 is 1.88 bits per heavy atom. The van der Waals surface area contributed by atoms with Crippen LogP contribution in [0.1, 0.15) is 31.7 Å². The molecule has 0 radical (unpaired) electrons. The number of halogens is 1. The number of piperazine rings is 1. The number of nitriles is 1. The van der Waals surface area contributed by atoms with Gasteiger partial charge in [0, 0.05) is 45.7 Å². The summed E-state index contributed by atoms with van der Waals surface area (Å²) in [5.41, 5.74) is 0.902. The van der Waals surface area contributed by atoms with Gasteiger partial charge in [-0.05, 0) is 43.5 Å². The number of carbonyl (C=O) groups excluding carboxylic acids is 1. The molecule has 2 aliphatic heterocycles. The standard InChI is InChI=1S/C20H27FN4O/c1-2-23-9-11-25(12-10-23)20(26)14-16-5-7-24(8-6-16)19-4-3-17(15-22)13-18(19)21/h3-4,13,16H,2,5-12,14H2,1H3. The largest absolute Gasteiger partial charge is 0.369 e. The molecule has 0 saturated carbocycles. The molecule has 0 aliphatic carbocycles. The van der Waals surface area contributed by atoms with E-state index in [0.717, 1.165) is 58.7 Å². The van der Waals surface area contributed by atoms with E-state index in [0.29, 0.717) is 23.6 Å². The highest BCUT2D eigenvalue weighted by Gasteiger charge is 2.26. The molecule has 0 bridgehead atoms. The lowest BCUT2D eigenvalue weighted by Gasteiger charge is -2.37. The molecule has 140 valence electrons. The highest BCUT2D eigenvalue weighted by molar-refractivity contribution is 5.76. The lowest BCUT2D eigenvalue weighted by molar-refractivity contribution is -0.134. The molecule has 3 rings (SSSR count). The van der Waals surface area contributed by atoms with Crippen molar-refractivity contribution in [3.63, 3.8) is 0 Å². The highest BCUT2D eigenvalue weighted by Crippen LogP contribution is 2.28. The number of hydrogen-bond donors (Lipinski definition) is 0. The molecule has 0 spiro atoms. The van der Waals surface area contributed by atoms with Crippen LogP contribution in [0, 0.1) is 23.1 Å². The first-order valence-electron chi connectivity index (χ1n) is 9.55. The normalized spacial score (nSPS) is 19.4. The number of hydrogen-bond acceptors (Lipinski definition) is 4. The summed E-state index contributed by atoms with van der Waals surface area (Å²) in [5.74, 6) is 0.306. The van der Waals surface area contributed by atoms with Crippen LogP contribution in [0.3, 0.4) is 0 Å². The second kappa shape index (κ2) is 8.50. The molecule has 1 aromatic carbocycles. The summed E-state index contributed by atoms with van der Waals surface area (Å²) in [5, 5.41) is 8.85. The Labute approximate surface area is 155 Å². The maximum absolute atomic E-state index is 14.2. The molecule has 26 heavy (non-hydrogen) atoms. The van der Waals surface area contributed by atoms with Crippen molar-refractivity contribution >= 4 is 11.6 Å². The van der Waals surface area contributed by atoms with Crippen molar-refractivity contribution in [2.24, 2.45) is 5.92 Å². The molecule has 2 heterocycles. The summed E-state index contributed by atoms with van der Waals surface area (Å²) in [6, 6.07) is 6.60. The first kappa shape index (κ1) is 18.7. The molecule has 0 atom stereocenters. The fraction of sp³-hybridized carbons (Fsp3) is 0.600. The van der Waals surface area contributed by atoms with Gasteiger partial charge in [-0.15, -0.1) is 0 Å². The zero-order chi connectivity index (χ0) is 18.5. The molecular weight excluding hydrogens is 331 g/mol. The van der Waals surface area contributed by atoms with Crippen molar-refractivity contribution in [3.05, 3.63) is 29.6 Å². The van der Waals surface area contributed by atoms with Gasteiger partial charge in [0.2, 0.25) is 5.91 Å². The number of nitrogens with zero attached hydrogens (tertiary/aromatic N) is 4. The topological polar surface area (TPSA) is 50.6 Å². The van der Waals surface area contributed by atoms with Crippen molar-refractivity contribution in [1.29, 1.82) is 5.26 Å². The first-order chi connectivity index (χ1) is 12.6. The fourth-order valence-electron chi connectivity index (χ4n) is 3.90. The van der Waals surface area contributed by atoms with E-state index in [1.165, 1.54) is 6.07 Å². The Hall–Kier alpha value is -2.13. The van der Waals surface area contributed by atoms with Crippen LogP contribution in [0.2, 0.25) is 0 Å². The van der Waals surface area contributed by atoms with E-state index in [-0.39, 0.29) is 11.7 Å². The van der Waals surface area contributed by atoms with E-state index >= 15 is 0 Å². The Morgan fingerprint density at radius 1 is 1.19 bits per heavy atom. The van der Waals surface area contributed by atoms with Gasteiger partial charge in [-0.3, -0.25) is 4.79 Å². The molecule has 0 aromatic heterocycles. The van der Waals surface area contributed by atoms with Crippen LogP contribution in [-0.4, -0.2) is 61.5 Å². The van der Waals surface area contributed by atoms with Gasteiger partial charge in [-0.25, -0.2) is 4.39 Å². The summed E-state index contributed by atoms with van der Waals surface area (Å²) in [7, 11) is 0. The van der Waals surface area contributed by atoms with Crippen LogP contribution < -0.4 is 4.90 Å². The number of benzene rings is 1. The van der Waals surface area contributed by atoms with Gasteiger partial charge in [0.1, 0.15) is 5.82 Å². The van der Waals surface area contributed by atoms with Crippen molar-refractivity contribution in [2.75, 3.05) is 50.7 Å². The van der Waals surface area contributed by atoms with Crippen LogP contribution in [0.5, 0.6) is 0 Å². The van der Waals surface area contributed by atoms with Gasteiger partial charge in [0.05, 0.1) is 17.3 Å². The molecule has 1 amide bonds. The van der Waals surface area contributed by atoms with Crippen molar-refractivity contribution < 1.29 is 9.18 Å². The second-order valence-electron chi connectivity index (χ2n) is 7.23. The highest BCUT2D eigenvalue weighted by atomic mass is 19.1. The minimum Gasteiger partial charge on any atom is -0.369 e. The summed E-state index contributed by atoms with van der Waals surface area (Å²) in [6.07, 6.45) is 2.41. The minimum atomic E-state index is -0.340. The summed E-state index contributed by atoms with van der Waals surface area (Å²) >= 11 is 0. The molecule has 0 unspecified atom stereocenters. The van der Waals surface area contributed by atoms with Crippen LogP contribution in [0.4, 0.5) is 10.1 Å². The van der Waals surface area contributed by atoms with E-state index in [2.05, 4.69) is 11.8 Å². The van der Waals surface area contributed by atoms with E-state index in [4.69, 9.17) is 5.26 Å². The third-order valence-corrected chi connectivity index (χ3v) is 5.67. The Kier molecular flexibility index (Phi) is 6.10. The SMILES string of the molecule is CCN1CCN(C(=O)CC2CCN(c3ccc(C#N)cc3F)CC2)CC1. The van der Waals surface area contributed by atoms with Gasteiger partial charge in [0.25, 0.3) is 0 Å². The zero-order valence-corrected chi connectivity index (χ0v) is 15.5. The maximum Gasteiger partial charge on any atom is 0.222 e. The number of likely N-dealkylation sites (N-methyl/N-ethyl adjacent to an activating group) is 1. The number of carbonyl (C=O) groups is 1. The molecular formula is C20H27FN4O. The molecule has 0 N–H and O–H groups in total. The van der Waals surface area contributed by atoms with E-state index in [1.807, 2.05) is 15.9 Å². The molecule has 5 nitrogen and oxygen atoms in total. The van der Waals surface area contributed by atoms with Crippen LogP contribution in [-0.2, 0) is 4.79 Å². The molecule has 2 saturated heterocycles. The maximum atomic E-state index is 14.2. The molecule has 2 fully saturated rings. The average molecular weight is 358 g/mol. The fourth-order valence-corrected chi connectivity index (χ4v) is 3.90. The van der Waals surface area contributed by atoms with E-state index in [1.54, 1.807) is 12.1 Å². The van der Waals surface area contributed by atoms with Gasteiger partial charge in [-0.2, -0.15) is 5.26 Å². The second-order valence-corrected chi connectivity index (χ2v) is 7.23. The van der Waals surface area contributed by atoms with Crippen LogP contribution in [0.15, 0.2) is 18.2 Å². The predicted octanol–water partition coefficient (Wildman–Crippen LogP) is 2.47. The Balaban J connectivity index is 1.48. The zero-order valence-electron chi connectivity index (χ0n) is 15.5. The smallest absolute Gasteiger partial charge is 0.222 e. The van der Waals surface area contributed by atoms with E-state index in [9.17, 15) is 9.18 Å². The Morgan fingerprint density at radius 3 is 2.46 bits per heavy atom. The number of anilines is 1. The van der Waals surface area contributed by atoms with E-state index < -0.39 is 0 Å². The summed E-state index contributed by atoms with van der Waals surface area (Å²) in [6.45, 7) is 8.32. The minimum absolute atomic E-state index is 0.267.